The number of benzene rings is 2. The number of aliphatic hydroxyl groups excluding tert-OH is 1. The maximum absolute atomic E-state index is 13.0. The number of aryl methyl sites for hydroxylation is 1. The Hall–Kier alpha value is -1.87. The summed E-state index contributed by atoms with van der Waals surface area (Å²) in [6, 6.07) is 11.6. The van der Waals surface area contributed by atoms with Crippen LogP contribution in [0.2, 0.25) is 0 Å². The van der Waals surface area contributed by atoms with Crippen LogP contribution in [-0.4, -0.2) is 12.2 Å². The minimum Gasteiger partial charge on any atom is -0.497 e. The Morgan fingerprint density at radius 2 is 1.78 bits per heavy atom. The predicted octanol–water partition coefficient (Wildman–Crippen LogP) is 3.22. The summed E-state index contributed by atoms with van der Waals surface area (Å²) in [5.41, 5.74) is 2.20. The lowest BCUT2D eigenvalue weighted by atomic mass is 9.97. The quantitative estimate of drug-likeness (QED) is 0.901. The maximum atomic E-state index is 13.0. The van der Waals surface area contributed by atoms with Crippen LogP contribution in [0.15, 0.2) is 42.5 Å². The number of ether oxygens (including phenoxy) is 1. The largest absolute Gasteiger partial charge is 0.497 e. The van der Waals surface area contributed by atoms with Crippen LogP contribution in [0.5, 0.6) is 5.75 Å². The lowest BCUT2D eigenvalue weighted by Gasteiger charge is -2.14. The number of rotatable bonds is 3. The first-order valence-corrected chi connectivity index (χ1v) is 5.70. The highest BCUT2D eigenvalue weighted by Gasteiger charge is 2.13. The van der Waals surface area contributed by atoms with Gasteiger partial charge in [-0.25, -0.2) is 4.39 Å². The van der Waals surface area contributed by atoms with Crippen LogP contribution in [0, 0.1) is 12.7 Å². The van der Waals surface area contributed by atoms with Crippen molar-refractivity contribution < 1.29 is 14.2 Å². The van der Waals surface area contributed by atoms with Crippen molar-refractivity contribution in [2.24, 2.45) is 0 Å². The Bertz CT molecular complexity index is 535. The van der Waals surface area contributed by atoms with Crippen molar-refractivity contribution in [3.05, 3.63) is 65.0 Å². The molecule has 0 heterocycles. The van der Waals surface area contributed by atoms with E-state index in [1.54, 1.807) is 44.4 Å². The molecular weight excluding hydrogens is 231 g/mol. The van der Waals surface area contributed by atoms with Gasteiger partial charge in [0, 0.05) is 0 Å². The summed E-state index contributed by atoms with van der Waals surface area (Å²) >= 11 is 0. The van der Waals surface area contributed by atoms with E-state index in [1.165, 1.54) is 12.1 Å². The first-order valence-electron chi connectivity index (χ1n) is 5.70. The molecule has 0 amide bonds. The van der Waals surface area contributed by atoms with E-state index in [0.29, 0.717) is 5.56 Å². The highest BCUT2D eigenvalue weighted by Crippen LogP contribution is 2.26. The summed E-state index contributed by atoms with van der Waals surface area (Å²) in [5.74, 6) is 0.444. The number of halogens is 1. The fourth-order valence-electron chi connectivity index (χ4n) is 1.91. The summed E-state index contributed by atoms with van der Waals surface area (Å²) in [6.07, 6.45) is -0.753. The van der Waals surface area contributed by atoms with E-state index >= 15 is 0 Å². The van der Waals surface area contributed by atoms with Crippen molar-refractivity contribution in [1.29, 1.82) is 0 Å². The minimum atomic E-state index is -0.753. The van der Waals surface area contributed by atoms with Crippen LogP contribution in [0.3, 0.4) is 0 Å². The minimum absolute atomic E-state index is 0.293. The first kappa shape index (κ1) is 12.6. The maximum Gasteiger partial charge on any atom is 0.123 e. The van der Waals surface area contributed by atoms with Crippen LogP contribution in [0.1, 0.15) is 22.8 Å². The molecular formula is C15H15FO2. The third-order valence-corrected chi connectivity index (χ3v) is 2.96. The van der Waals surface area contributed by atoms with Gasteiger partial charge in [0.2, 0.25) is 0 Å². The van der Waals surface area contributed by atoms with Crippen molar-refractivity contribution in [2.45, 2.75) is 13.0 Å². The summed E-state index contributed by atoms with van der Waals surface area (Å²) in [5, 5.41) is 10.3. The Morgan fingerprint density at radius 1 is 1.11 bits per heavy atom. The normalized spacial score (nSPS) is 12.2. The Kier molecular flexibility index (Phi) is 3.63. The summed E-state index contributed by atoms with van der Waals surface area (Å²) in [6.45, 7) is 1.78. The summed E-state index contributed by atoms with van der Waals surface area (Å²) < 4.78 is 18.1. The summed E-state index contributed by atoms with van der Waals surface area (Å²) in [4.78, 5) is 0. The van der Waals surface area contributed by atoms with E-state index in [9.17, 15) is 9.50 Å². The molecule has 0 saturated heterocycles. The van der Waals surface area contributed by atoms with Gasteiger partial charge in [0.25, 0.3) is 0 Å². The molecule has 0 fully saturated rings. The molecule has 0 aromatic heterocycles. The molecule has 0 radical (unpaired) electrons. The second kappa shape index (κ2) is 5.19. The Balaban J connectivity index is 2.31. The average Bonchev–Trinajstić information content (AvgIpc) is 2.38. The third kappa shape index (κ3) is 2.51. The zero-order valence-corrected chi connectivity index (χ0v) is 10.4. The molecule has 3 heteroatoms. The van der Waals surface area contributed by atoms with Gasteiger partial charge in [-0.05, 0) is 47.9 Å². The molecule has 2 aromatic carbocycles. The number of methoxy groups -OCH3 is 1. The van der Waals surface area contributed by atoms with E-state index < -0.39 is 6.10 Å². The topological polar surface area (TPSA) is 29.5 Å². The van der Waals surface area contributed by atoms with Crippen molar-refractivity contribution >= 4 is 0 Å². The average molecular weight is 246 g/mol. The van der Waals surface area contributed by atoms with Gasteiger partial charge < -0.3 is 9.84 Å². The smallest absolute Gasteiger partial charge is 0.123 e. The second-order valence-corrected chi connectivity index (χ2v) is 4.18. The SMILES string of the molecule is COc1ccc(C(O)c2ccc(F)cc2C)cc1. The molecule has 1 unspecified atom stereocenters. The molecule has 18 heavy (non-hydrogen) atoms. The van der Waals surface area contributed by atoms with Gasteiger partial charge in [0.15, 0.2) is 0 Å². The molecule has 0 saturated carbocycles. The van der Waals surface area contributed by atoms with Gasteiger partial charge in [0.05, 0.1) is 7.11 Å². The lowest BCUT2D eigenvalue weighted by molar-refractivity contribution is 0.219. The van der Waals surface area contributed by atoms with Crippen LogP contribution >= 0.6 is 0 Å². The fraction of sp³-hybridized carbons (Fsp3) is 0.200. The lowest BCUT2D eigenvalue weighted by Crippen LogP contribution is -2.02. The fourth-order valence-corrected chi connectivity index (χ4v) is 1.91. The zero-order valence-electron chi connectivity index (χ0n) is 10.4. The summed E-state index contributed by atoms with van der Waals surface area (Å²) in [7, 11) is 1.59. The van der Waals surface area contributed by atoms with Gasteiger partial charge in [-0.3, -0.25) is 0 Å². The van der Waals surface area contributed by atoms with Crippen molar-refractivity contribution in [3.8, 4) is 5.75 Å². The van der Waals surface area contributed by atoms with Crippen LogP contribution in [0.4, 0.5) is 4.39 Å². The van der Waals surface area contributed by atoms with Gasteiger partial charge in [-0.1, -0.05) is 18.2 Å². The zero-order chi connectivity index (χ0) is 13.1. The molecule has 0 bridgehead atoms. The molecule has 94 valence electrons. The van der Waals surface area contributed by atoms with E-state index in [1.807, 2.05) is 0 Å². The molecule has 0 aliphatic rings. The molecule has 2 nitrogen and oxygen atoms in total. The second-order valence-electron chi connectivity index (χ2n) is 4.18. The molecule has 2 rings (SSSR count). The number of hydrogen-bond donors (Lipinski definition) is 1. The first-order chi connectivity index (χ1) is 8.61. The third-order valence-electron chi connectivity index (χ3n) is 2.96. The number of aliphatic hydroxyl groups is 1. The molecule has 1 N–H and O–H groups in total. The van der Waals surface area contributed by atoms with Crippen LogP contribution in [0.25, 0.3) is 0 Å². The Labute approximate surface area is 106 Å². The van der Waals surface area contributed by atoms with Crippen molar-refractivity contribution in [3.63, 3.8) is 0 Å². The standard InChI is InChI=1S/C15H15FO2/c1-10-9-12(16)5-8-14(10)15(17)11-3-6-13(18-2)7-4-11/h3-9,15,17H,1-2H3. The monoisotopic (exact) mass is 246 g/mol. The molecule has 0 aliphatic heterocycles. The molecule has 0 aliphatic carbocycles. The predicted molar refractivity (Wildman–Crippen MR) is 68.2 cm³/mol. The van der Waals surface area contributed by atoms with Gasteiger partial charge in [-0.15, -0.1) is 0 Å². The molecule has 0 spiro atoms. The van der Waals surface area contributed by atoms with Gasteiger partial charge >= 0.3 is 0 Å². The van der Waals surface area contributed by atoms with Crippen molar-refractivity contribution in [2.75, 3.05) is 7.11 Å². The highest BCUT2D eigenvalue weighted by atomic mass is 19.1. The van der Waals surface area contributed by atoms with E-state index in [0.717, 1.165) is 16.9 Å². The number of hydrogen-bond acceptors (Lipinski definition) is 2. The Morgan fingerprint density at radius 3 is 2.33 bits per heavy atom. The van der Waals surface area contributed by atoms with Crippen LogP contribution < -0.4 is 4.74 Å². The van der Waals surface area contributed by atoms with Crippen LogP contribution in [-0.2, 0) is 0 Å². The molecule has 1 atom stereocenters. The van der Waals surface area contributed by atoms with E-state index in [2.05, 4.69) is 0 Å². The van der Waals surface area contributed by atoms with E-state index in [-0.39, 0.29) is 5.82 Å². The molecule has 2 aromatic rings. The highest BCUT2D eigenvalue weighted by molar-refractivity contribution is 5.37. The van der Waals surface area contributed by atoms with Gasteiger partial charge in [0.1, 0.15) is 17.7 Å². The van der Waals surface area contributed by atoms with Crippen molar-refractivity contribution in [1.82, 2.24) is 0 Å². The van der Waals surface area contributed by atoms with E-state index in [4.69, 9.17) is 4.74 Å². The van der Waals surface area contributed by atoms with Gasteiger partial charge in [-0.2, -0.15) is 0 Å².